The third-order valence-corrected chi connectivity index (χ3v) is 3.40. The first-order valence-electron chi connectivity index (χ1n) is 6.20. The predicted octanol–water partition coefficient (Wildman–Crippen LogP) is 0.666. The summed E-state index contributed by atoms with van der Waals surface area (Å²) in [6.45, 7) is 1.59. The maximum atomic E-state index is 11.6. The Morgan fingerprint density at radius 2 is 1.94 bits per heavy atom. The van der Waals surface area contributed by atoms with E-state index in [1.165, 1.54) is 18.2 Å². The van der Waals surface area contributed by atoms with Crippen molar-refractivity contribution in [3.63, 3.8) is 0 Å². The van der Waals surface area contributed by atoms with E-state index in [-0.39, 0.29) is 6.04 Å². The molecule has 18 heavy (non-hydrogen) atoms. The summed E-state index contributed by atoms with van der Waals surface area (Å²) in [5.74, 6) is -0.416. The topological polar surface area (TPSA) is 58.6 Å². The zero-order chi connectivity index (χ0) is 13.1. The van der Waals surface area contributed by atoms with Gasteiger partial charge in [-0.1, -0.05) is 24.3 Å². The average Bonchev–Trinajstić information content (AvgIpc) is 2.77. The summed E-state index contributed by atoms with van der Waals surface area (Å²) in [5, 5.41) is 12.8. The normalized spacial score (nSPS) is 18.2. The predicted molar refractivity (Wildman–Crippen MR) is 68.3 cm³/mol. The Morgan fingerprint density at radius 1 is 1.39 bits per heavy atom. The number of carbonyl (C=O) groups is 1. The van der Waals surface area contributed by atoms with Crippen LogP contribution < -0.4 is 5.32 Å². The SMILES string of the molecule is COC(=O)C(NC1Cc2ccccc2C1)C(C)O. The lowest BCUT2D eigenvalue weighted by atomic mass is 10.1. The molecule has 1 aliphatic carbocycles. The number of fused-ring (bicyclic) bond motifs is 1. The summed E-state index contributed by atoms with van der Waals surface area (Å²) in [5.41, 5.74) is 2.62. The number of aliphatic hydroxyl groups is 1. The highest BCUT2D eigenvalue weighted by atomic mass is 16.5. The van der Waals surface area contributed by atoms with Crippen molar-refractivity contribution in [2.45, 2.75) is 38.0 Å². The Labute approximate surface area is 107 Å². The van der Waals surface area contributed by atoms with Crippen LogP contribution in [0, 0.1) is 0 Å². The fourth-order valence-electron chi connectivity index (χ4n) is 2.46. The van der Waals surface area contributed by atoms with Crippen molar-refractivity contribution in [2.75, 3.05) is 7.11 Å². The first kappa shape index (κ1) is 13.1. The van der Waals surface area contributed by atoms with Gasteiger partial charge in [-0.05, 0) is 30.9 Å². The van der Waals surface area contributed by atoms with Crippen LogP contribution in [0.25, 0.3) is 0 Å². The maximum Gasteiger partial charge on any atom is 0.325 e. The molecular formula is C14H19NO3. The van der Waals surface area contributed by atoms with Crippen LogP contribution in [-0.2, 0) is 22.4 Å². The van der Waals surface area contributed by atoms with E-state index in [9.17, 15) is 9.90 Å². The zero-order valence-corrected chi connectivity index (χ0v) is 10.7. The van der Waals surface area contributed by atoms with E-state index >= 15 is 0 Å². The number of aliphatic hydroxyl groups excluding tert-OH is 1. The summed E-state index contributed by atoms with van der Waals surface area (Å²) in [7, 11) is 1.34. The lowest BCUT2D eigenvalue weighted by Gasteiger charge is -2.23. The van der Waals surface area contributed by atoms with Crippen molar-refractivity contribution in [3.05, 3.63) is 35.4 Å². The molecule has 0 aliphatic heterocycles. The number of carbonyl (C=O) groups excluding carboxylic acids is 1. The van der Waals surface area contributed by atoms with Gasteiger partial charge >= 0.3 is 5.97 Å². The Morgan fingerprint density at radius 3 is 2.39 bits per heavy atom. The summed E-state index contributed by atoms with van der Waals surface area (Å²) in [4.78, 5) is 11.6. The summed E-state index contributed by atoms with van der Waals surface area (Å²) < 4.78 is 4.70. The Bertz CT molecular complexity index is 406. The molecule has 0 radical (unpaired) electrons. The highest BCUT2D eigenvalue weighted by molar-refractivity contribution is 5.76. The molecule has 2 atom stereocenters. The van der Waals surface area contributed by atoms with Crippen LogP contribution in [0.5, 0.6) is 0 Å². The highest BCUT2D eigenvalue weighted by Crippen LogP contribution is 2.22. The molecule has 0 amide bonds. The number of ether oxygens (including phenoxy) is 1. The van der Waals surface area contributed by atoms with Gasteiger partial charge in [0.05, 0.1) is 13.2 Å². The molecule has 0 saturated carbocycles. The van der Waals surface area contributed by atoms with E-state index in [0.717, 1.165) is 12.8 Å². The molecule has 4 nitrogen and oxygen atoms in total. The van der Waals surface area contributed by atoms with E-state index in [0.29, 0.717) is 0 Å². The fourth-order valence-corrected chi connectivity index (χ4v) is 2.46. The van der Waals surface area contributed by atoms with Crippen molar-refractivity contribution >= 4 is 5.97 Å². The van der Waals surface area contributed by atoms with Crippen LogP contribution in [0.2, 0.25) is 0 Å². The second-order valence-electron chi connectivity index (χ2n) is 4.78. The molecule has 0 bridgehead atoms. The van der Waals surface area contributed by atoms with Gasteiger partial charge in [-0.3, -0.25) is 10.1 Å². The highest BCUT2D eigenvalue weighted by Gasteiger charge is 2.30. The van der Waals surface area contributed by atoms with E-state index in [1.54, 1.807) is 6.92 Å². The van der Waals surface area contributed by atoms with Gasteiger partial charge in [-0.2, -0.15) is 0 Å². The van der Waals surface area contributed by atoms with E-state index in [1.807, 2.05) is 12.1 Å². The Balaban J connectivity index is 2.01. The minimum Gasteiger partial charge on any atom is -0.468 e. The van der Waals surface area contributed by atoms with Gasteiger partial charge in [-0.25, -0.2) is 0 Å². The fraction of sp³-hybridized carbons (Fsp3) is 0.500. The second-order valence-corrected chi connectivity index (χ2v) is 4.78. The largest absolute Gasteiger partial charge is 0.468 e. The first-order chi connectivity index (χ1) is 8.61. The van der Waals surface area contributed by atoms with Crippen LogP contribution >= 0.6 is 0 Å². The lowest BCUT2D eigenvalue weighted by Crippen LogP contribution is -2.50. The number of nitrogens with one attached hydrogen (secondary N) is 1. The van der Waals surface area contributed by atoms with Crippen LogP contribution in [0.3, 0.4) is 0 Å². The van der Waals surface area contributed by atoms with Crippen molar-refractivity contribution in [3.8, 4) is 0 Å². The molecular weight excluding hydrogens is 230 g/mol. The smallest absolute Gasteiger partial charge is 0.325 e. The van der Waals surface area contributed by atoms with Gasteiger partial charge in [0.15, 0.2) is 0 Å². The summed E-state index contributed by atoms with van der Waals surface area (Å²) in [6.07, 6.45) is 1.01. The lowest BCUT2D eigenvalue weighted by molar-refractivity contribution is -0.146. The first-order valence-corrected chi connectivity index (χ1v) is 6.20. The minimum atomic E-state index is -0.763. The summed E-state index contributed by atoms with van der Waals surface area (Å²) >= 11 is 0. The monoisotopic (exact) mass is 249 g/mol. The van der Waals surface area contributed by atoms with E-state index in [4.69, 9.17) is 4.74 Å². The summed E-state index contributed by atoms with van der Waals surface area (Å²) in [6, 6.07) is 7.77. The molecule has 2 rings (SSSR count). The van der Waals surface area contributed by atoms with Gasteiger partial charge in [0.1, 0.15) is 6.04 Å². The molecule has 0 saturated heterocycles. The molecule has 1 aromatic rings. The zero-order valence-electron chi connectivity index (χ0n) is 10.7. The second kappa shape index (κ2) is 5.50. The van der Waals surface area contributed by atoms with Crippen LogP contribution in [-0.4, -0.2) is 36.4 Å². The van der Waals surface area contributed by atoms with Gasteiger partial charge in [-0.15, -0.1) is 0 Å². The molecule has 98 valence electrons. The Hall–Kier alpha value is -1.39. The molecule has 0 aromatic heterocycles. The van der Waals surface area contributed by atoms with Crippen LogP contribution in [0.15, 0.2) is 24.3 Å². The van der Waals surface area contributed by atoms with Crippen molar-refractivity contribution in [1.29, 1.82) is 0 Å². The van der Waals surface area contributed by atoms with Gasteiger partial charge in [0, 0.05) is 6.04 Å². The molecule has 0 fully saturated rings. The minimum absolute atomic E-state index is 0.182. The molecule has 1 aliphatic rings. The quantitative estimate of drug-likeness (QED) is 0.770. The van der Waals surface area contributed by atoms with Crippen LogP contribution in [0.4, 0.5) is 0 Å². The molecule has 2 unspecified atom stereocenters. The Kier molecular flexibility index (Phi) is 3.99. The van der Waals surface area contributed by atoms with Gasteiger partial charge < -0.3 is 9.84 Å². The molecule has 4 heteroatoms. The average molecular weight is 249 g/mol. The van der Waals surface area contributed by atoms with Gasteiger partial charge in [0.25, 0.3) is 0 Å². The molecule has 0 heterocycles. The van der Waals surface area contributed by atoms with E-state index < -0.39 is 18.1 Å². The molecule has 1 aromatic carbocycles. The van der Waals surface area contributed by atoms with E-state index in [2.05, 4.69) is 17.4 Å². The third kappa shape index (κ3) is 2.71. The molecule has 0 spiro atoms. The third-order valence-electron chi connectivity index (χ3n) is 3.40. The molecule has 2 N–H and O–H groups in total. The standard InChI is InChI=1S/C14H19NO3/c1-9(16)13(14(17)18-2)15-12-7-10-5-3-4-6-11(10)8-12/h3-6,9,12-13,15-16H,7-8H2,1-2H3. The van der Waals surface area contributed by atoms with Crippen molar-refractivity contribution in [2.24, 2.45) is 0 Å². The van der Waals surface area contributed by atoms with Crippen LogP contribution in [0.1, 0.15) is 18.1 Å². The number of hydrogen-bond acceptors (Lipinski definition) is 4. The number of hydrogen-bond donors (Lipinski definition) is 2. The van der Waals surface area contributed by atoms with Crippen molar-refractivity contribution in [1.82, 2.24) is 5.32 Å². The number of esters is 1. The number of methoxy groups -OCH3 is 1. The maximum absolute atomic E-state index is 11.6. The number of rotatable bonds is 4. The van der Waals surface area contributed by atoms with Crippen molar-refractivity contribution < 1.29 is 14.6 Å². The number of benzene rings is 1. The van der Waals surface area contributed by atoms with Gasteiger partial charge in [0.2, 0.25) is 0 Å².